The Morgan fingerprint density at radius 1 is 1.33 bits per heavy atom. The highest BCUT2D eigenvalue weighted by molar-refractivity contribution is 5.32. The fourth-order valence-electron chi connectivity index (χ4n) is 2.71. The van der Waals surface area contributed by atoms with E-state index >= 15 is 0 Å². The molecule has 0 aromatic heterocycles. The summed E-state index contributed by atoms with van der Waals surface area (Å²) in [5, 5.41) is 0. The summed E-state index contributed by atoms with van der Waals surface area (Å²) in [6.07, 6.45) is 5.86. The molecule has 0 amide bonds. The molecule has 0 aromatic rings. The van der Waals surface area contributed by atoms with Gasteiger partial charge in [0.25, 0.3) is 0 Å². The molecule has 1 aliphatic heterocycles. The summed E-state index contributed by atoms with van der Waals surface area (Å²) < 4.78 is 5.94. The molecule has 1 nitrogen and oxygen atoms in total. The first kappa shape index (κ1) is 10.9. The molecule has 1 aliphatic carbocycles. The molecule has 2 rings (SSSR count). The minimum absolute atomic E-state index is 0.0126. The highest BCUT2D eigenvalue weighted by atomic mass is 16.5. The minimum atomic E-state index is -0.0126. The second kappa shape index (κ2) is 3.21. The van der Waals surface area contributed by atoms with Crippen molar-refractivity contribution in [2.75, 3.05) is 6.61 Å². The van der Waals surface area contributed by atoms with Crippen molar-refractivity contribution in [2.24, 2.45) is 11.3 Å². The van der Waals surface area contributed by atoms with Crippen molar-refractivity contribution in [3.05, 3.63) is 23.3 Å². The van der Waals surface area contributed by atoms with Crippen molar-refractivity contribution in [3.8, 4) is 0 Å². The quantitative estimate of drug-likeness (QED) is 0.587. The van der Waals surface area contributed by atoms with E-state index in [-0.39, 0.29) is 11.0 Å². The van der Waals surface area contributed by atoms with Crippen molar-refractivity contribution in [1.29, 1.82) is 0 Å². The van der Waals surface area contributed by atoms with Crippen molar-refractivity contribution in [2.45, 2.75) is 46.6 Å². The SMILES string of the molecule is CC(C)=C1C=C[C@]2(C)[C@@H](COC2(C)C)C1. The van der Waals surface area contributed by atoms with Crippen LogP contribution in [-0.4, -0.2) is 12.2 Å². The van der Waals surface area contributed by atoms with Gasteiger partial charge in [-0.2, -0.15) is 0 Å². The summed E-state index contributed by atoms with van der Waals surface area (Å²) in [6.45, 7) is 12.1. The Hall–Kier alpha value is -0.560. The summed E-state index contributed by atoms with van der Waals surface area (Å²) in [4.78, 5) is 0. The van der Waals surface area contributed by atoms with E-state index in [4.69, 9.17) is 4.74 Å². The molecule has 2 aliphatic rings. The zero-order chi connectivity index (χ0) is 11.3. The largest absolute Gasteiger partial charge is 0.374 e. The predicted octanol–water partition coefficient (Wildman–Crippen LogP) is 3.71. The summed E-state index contributed by atoms with van der Waals surface area (Å²) in [5.74, 6) is 0.655. The highest BCUT2D eigenvalue weighted by Gasteiger charge is 2.52. The third-order valence-electron chi connectivity index (χ3n) is 4.53. The van der Waals surface area contributed by atoms with Gasteiger partial charge >= 0.3 is 0 Å². The molecule has 0 aromatic carbocycles. The molecule has 1 heterocycles. The van der Waals surface area contributed by atoms with E-state index in [2.05, 4.69) is 46.8 Å². The maximum atomic E-state index is 5.94. The maximum absolute atomic E-state index is 5.94. The Balaban J connectivity index is 2.38. The van der Waals surface area contributed by atoms with Crippen LogP contribution in [0.25, 0.3) is 0 Å². The van der Waals surface area contributed by atoms with Crippen LogP contribution in [0.15, 0.2) is 23.3 Å². The molecule has 0 spiro atoms. The van der Waals surface area contributed by atoms with Gasteiger partial charge in [-0.1, -0.05) is 24.6 Å². The molecular weight excluding hydrogens is 184 g/mol. The fraction of sp³-hybridized carbons (Fsp3) is 0.714. The second-order valence-corrected chi connectivity index (χ2v) is 5.86. The van der Waals surface area contributed by atoms with Crippen LogP contribution >= 0.6 is 0 Å². The molecule has 15 heavy (non-hydrogen) atoms. The molecule has 1 fully saturated rings. The van der Waals surface area contributed by atoms with Crippen molar-refractivity contribution >= 4 is 0 Å². The molecule has 0 bridgehead atoms. The van der Waals surface area contributed by atoms with Gasteiger partial charge in [-0.15, -0.1) is 0 Å². The fourth-order valence-corrected chi connectivity index (χ4v) is 2.71. The Labute approximate surface area is 93.2 Å². The lowest BCUT2D eigenvalue weighted by Gasteiger charge is -2.40. The topological polar surface area (TPSA) is 9.23 Å². The van der Waals surface area contributed by atoms with E-state index in [0.29, 0.717) is 5.92 Å². The smallest absolute Gasteiger partial charge is 0.0717 e. The van der Waals surface area contributed by atoms with Crippen LogP contribution in [0, 0.1) is 11.3 Å². The Kier molecular flexibility index (Phi) is 2.34. The van der Waals surface area contributed by atoms with E-state index in [1.807, 2.05) is 0 Å². The summed E-state index contributed by atoms with van der Waals surface area (Å²) in [6, 6.07) is 0. The van der Waals surface area contributed by atoms with Crippen molar-refractivity contribution in [1.82, 2.24) is 0 Å². The predicted molar refractivity (Wildman–Crippen MR) is 63.8 cm³/mol. The van der Waals surface area contributed by atoms with Gasteiger partial charge < -0.3 is 4.74 Å². The number of allylic oxidation sites excluding steroid dienone is 3. The summed E-state index contributed by atoms with van der Waals surface area (Å²) >= 11 is 0. The van der Waals surface area contributed by atoms with Gasteiger partial charge in [-0.25, -0.2) is 0 Å². The molecule has 0 saturated carbocycles. The molecule has 1 saturated heterocycles. The standard InChI is InChI=1S/C14H22O/c1-10(2)11-6-7-14(5)12(8-11)9-15-13(14,3)4/h6-7,12H,8-9H2,1-5H3/t12-,14-/m1/s1. The lowest BCUT2D eigenvalue weighted by molar-refractivity contribution is -0.00865. The Morgan fingerprint density at radius 3 is 2.60 bits per heavy atom. The van der Waals surface area contributed by atoms with E-state index < -0.39 is 0 Å². The average Bonchev–Trinajstić information content (AvgIpc) is 2.38. The van der Waals surface area contributed by atoms with Gasteiger partial charge in [0.2, 0.25) is 0 Å². The zero-order valence-corrected chi connectivity index (χ0v) is 10.6. The zero-order valence-electron chi connectivity index (χ0n) is 10.6. The van der Waals surface area contributed by atoms with Crippen LogP contribution in [-0.2, 0) is 4.74 Å². The molecule has 2 atom stereocenters. The van der Waals surface area contributed by atoms with Crippen LogP contribution < -0.4 is 0 Å². The Bertz CT molecular complexity index is 331. The number of fused-ring (bicyclic) bond motifs is 1. The molecule has 0 unspecified atom stereocenters. The molecule has 1 heteroatoms. The lowest BCUT2D eigenvalue weighted by atomic mass is 9.64. The minimum Gasteiger partial charge on any atom is -0.374 e. The first-order valence-electron chi connectivity index (χ1n) is 5.86. The molecule has 0 radical (unpaired) electrons. The second-order valence-electron chi connectivity index (χ2n) is 5.86. The molecular formula is C14H22O. The van der Waals surface area contributed by atoms with Gasteiger partial charge in [-0.3, -0.25) is 0 Å². The number of ether oxygens (including phenoxy) is 1. The van der Waals surface area contributed by atoms with Gasteiger partial charge in [0.1, 0.15) is 0 Å². The van der Waals surface area contributed by atoms with E-state index in [1.165, 1.54) is 17.6 Å². The van der Waals surface area contributed by atoms with Crippen LogP contribution in [0.4, 0.5) is 0 Å². The normalized spacial score (nSPS) is 37.9. The third-order valence-corrected chi connectivity index (χ3v) is 4.53. The summed E-state index contributed by atoms with van der Waals surface area (Å²) in [7, 11) is 0. The van der Waals surface area contributed by atoms with Crippen LogP contribution in [0.1, 0.15) is 41.0 Å². The Morgan fingerprint density at radius 2 is 2.00 bits per heavy atom. The maximum Gasteiger partial charge on any atom is 0.0717 e. The van der Waals surface area contributed by atoms with Gasteiger partial charge in [-0.05, 0) is 45.6 Å². The van der Waals surface area contributed by atoms with Gasteiger partial charge in [0.05, 0.1) is 12.2 Å². The number of hydrogen-bond donors (Lipinski definition) is 0. The number of hydrogen-bond acceptors (Lipinski definition) is 1. The van der Waals surface area contributed by atoms with Crippen molar-refractivity contribution < 1.29 is 4.74 Å². The van der Waals surface area contributed by atoms with E-state index in [9.17, 15) is 0 Å². The van der Waals surface area contributed by atoms with E-state index in [0.717, 1.165) is 6.61 Å². The van der Waals surface area contributed by atoms with E-state index in [1.54, 1.807) is 0 Å². The first-order valence-corrected chi connectivity index (χ1v) is 5.86. The van der Waals surface area contributed by atoms with Crippen LogP contribution in [0.5, 0.6) is 0 Å². The highest BCUT2D eigenvalue weighted by Crippen LogP contribution is 2.52. The molecule has 84 valence electrons. The molecule has 0 N–H and O–H groups in total. The summed E-state index contributed by atoms with van der Waals surface area (Å²) in [5.41, 5.74) is 3.14. The number of rotatable bonds is 0. The average molecular weight is 206 g/mol. The van der Waals surface area contributed by atoms with Gasteiger partial charge in [0, 0.05) is 5.41 Å². The third kappa shape index (κ3) is 1.48. The van der Waals surface area contributed by atoms with Crippen LogP contribution in [0.3, 0.4) is 0 Å². The first-order chi connectivity index (χ1) is 6.87. The van der Waals surface area contributed by atoms with Crippen LogP contribution in [0.2, 0.25) is 0 Å². The monoisotopic (exact) mass is 206 g/mol. The lowest BCUT2D eigenvalue weighted by Crippen LogP contribution is -2.40. The van der Waals surface area contributed by atoms with Crippen molar-refractivity contribution in [3.63, 3.8) is 0 Å². The van der Waals surface area contributed by atoms with Gasteiger partial charge in [0.15, 0.2) is 0 Å².